The number of aliphatic hydroxyl groups excluding tert-OH is 2. The molecule has 2 rings (SSSR count). The van der Waals surface area contributed by atoms with Crippen LogP contribution in [0.1, 0.15) is 39.2 Å². The largest absolute Gasteiger partial charge is 0.392 e. The number of anilines is 1. The van der Waals surface area contributed by atoms with E-state index in [1.54, 1.807) is 11.0 Å². The fraction of sp³-hybridized carbons (Fsp3) is 0.526. The van der Waals surface area contributed by atoms with Crippen molar-refractivity contribution in [3.05, 3.63) is 30.5 Å². The monoisotopic (exact) mass is 378 g/mol. The maximum Gasteiger partial charge on any atom is 0.270 e. The van der Waals surface area contributed by atoms with E-state index >= 15 is 0 Å². The topological polar surface area (TPSA) is 112 Å². The van der Waals surface area contributed by atoms with Crippen LogP contribution >= 0.6 is 0 Å². The summed E-state index contributed by atoms with van der Waals surface area (Å²) in [5, 5.41) is 20.1. The molecule has 148 valence electrons. The van der Waals surface area contributed by atoms with Crippen molar-refractivity contribution < 1.29 is 19.4 Å². The molecule has 0 radical (unpaired) electrons. The average molecular weight is 378 g/mol. The van der Waals surface area contributed by atoms with Gasteiger partial charge in [0.25, 0.3) is 5.91 Å². The number of aliphatic hydroxyl groups is 2. The number of aromatic nitrogens is 1. The van der Waals surface area contributed by atoms with Crippen LogP contribution in [0.2, 0.25) is 0 Å². The predicted molar refractivity (Wildman–Crippen MR) is 103 cm³/mol. The molecule has 3 atom stereocenters. The van der Waals surface area contributed by atoms with Gasteiger partial charge >= 0.3 is 0 Å². The van der Waals surface area contributed by atoms with E-state index < -0.39 is 30.0 Å². The lowest BCUT2D eigenvalue weighted by molar-refractivity contribution is -0.119. The number of carbonyl (C=O) groups is 1. The molecule has 4 N–H and O–H groups in total. The average Bonchev–Trinajstić information content (AvgIpc) is 2.96. The maximum atomic E-state index is 13.1. The summed E-state index contributed by atoms with van der Waals surface area (Å²) in [6.45, 7) is 9.02. The number of aliphatic imine (C=N–C) groups is 1. The Bertz CT molecular complexity index is 727. The van der Waals surface area contributed by atoms with Gasteiger partial charge in [-0.25, -0.2) is 9.37 Å². The SMILES string of the molecule is C=C(F)c1ccc(N2CC(O)CC2C(=O)N=C(N)CC(O)C(C)(C)C)nc1. The molecule has 1 amide bonds. The number of nitrogens with two attached hydrogens (primary N) is 1. The highest BCUT2D eigenvalue weighted by Gasteiger charge is 2.37. The molecule has 0 spiro atoms. The quantitative estimate of drug-likeness (QED) is 0.530. The van der Waals surface area contributed by atoms with Crippen LogP contribution in [-0.2, 0) is 4.79 Å². The second-order valence-electron chi connectivity index (χ2n) is 7.89. The molecule has 27 heavy (non-hydrogen) atoms. The summed E-state index contributed by atoms with van der Waals surface area (Å²) in [6, 6.07) is 2.35. The van der Waals surface area contributed by atoms with Crippen LogP contribution in [0.15, 0.2) is 29.9 Å². The molecule has 1 saturated heterocycles. The first-order valence-corrected chi connectivity index (χ1v) is 8.79. The van der Waals surface area contributed by atoms with E-state index in [-0.39, 0.29) is 36.2 Å². The van der Waals surface area contributed by atoms with Crippen LogP contribution < -0.4 is 10.6 Å². The summed E-state index contributed by atoms with van der Waals surface area (Å²) in [5.74, 6) is -0.636. The number of hydrogen-bond donors (Lipinski definition) is 3. The zero-order valence-electron chi connectivity index (χ0n) is 15.9. The van der Waals surface area contributed by atoms with E-state index in [0.717, 1.165) is 0 Å². The second kappa shape index (κ2) is 8.14. The smallest absolute Gasteiger partial charge is 0.270 e. The number of β-amino-alcohol motifs (C(OH)–C–C–N with tert-alkyl or cyclic N) is 1. The Morgan fingerprint density at radius 3 is 2.70 bits per heavy atom. The Morgan fingerprint density at radius 2 is 2.19 bits per heavy atom. The van der Waals surface area contributed by atoms with Gasteiger partial charge in [-0.3, -0.25) is 4.79 Å². The fourth-order valence-corrected chi connectivity index (χ4v) is 2.78. The van der Waals surface area contributed by atoms with E-state index in [1.807, 2.05) is 20.8 Å². The van der Waals surface area contributed by atoms with Gasteiger partial charge in [-0.15, -0.1) is 0 Å². The third-order valence-electron chi connectivity index (χ3n) is 4.58. The van der Waals surface area contributed by atoms with E-state index in [4.69, 9.17) is 5.73 Å². The van der Waals surface area contributed by atoms with Crippen molar-refractivity contribution >= 4 is 23.4 Å². The lowest BCUT2D eigenvalue weighted by atomic mass is 9.87. The van der Waals surface area contributed by atoms with Gasteiger partial charge in [-0.05, 0) is 17.5 Å². The van der Waals surface area contributed by atoms with Gasteiger partial charge in [0.1, 0.15) is 23.5 Å². The van der Waals surface area contributed by atoms with Gasteiger partial charge in [-0.1, -0.05) is 27.4 Å². The van der Waals surface area contributed by atoms with Crippen molar-refractivity contribution in [2.24, 2.45) is 16.1 Å². The van der Waals surface area contributed by atoms with Crippen molar-refractivity contribution in [3.63, 3.8) is 0 Å². The van der Waals surface area contributed by atoms with E-state index in [2.05, 4.69) is 16.6 Å². The standard InChI is InChI=1S/C19H27FN4O3/c1-11(20)12-5-6-17(22-9-12)24-10-13(25)7-14(24)18(27)23-16(21)8-15(26)19(2,3)4/h5-6,9,13-15,25-26H,1,7-8,10H2,2-4H3,(H2,21,23,27). The summed E-state index contributed by atoms with van der Waals surface area (Å²) in [6.07, 6.45) is 0.143. The molecular formula is C19H27FN4O3. The number of hydrogen-bond acceptors (Lipinski definition) is 5. The van der Waals surface area contributed by atoms with Gasteiger partial charge < -0.3 is 20.8 Å². The zero-order chi connectivity index (χ0) is 20.4. The highest BCUT2D eigenvalue weighted by Crippen LogP contribution is 2.26. The minimum Gasteiger partial charge on any atom is -0.392 e. The number of rotatable bonds is 5. The van der Waals surface area contributed by atoms with Gasteiger partial charge in [-0.2, -0.15) is 4.99 Å². The normalized spacial score (nSPS) is 22.0. The third-order valence-corrected chi connectivity index (χ3v) is 4.58. The first kappa shape index (κ1) is 21.0. The minimum atomic E-state index is -0.734. The first-order chi connectivity index (χ1) is 12.5. The van der Waals surface area contributed by atoms with E-state index in [9.17, 15) is 19.4 Å². The molecule has 0 bridgehead atoms. The zero-order valence-corrected chi connectivity index (χ0v) is 15.9. The molecule has 1 aliphatic heterocycles. The van der Waals surface area contributed by atoms with Crippen LogP contribution in [0, 0.1) is 5.41 Å². The maximum absolute atomic E-state index is 13.1. The molecule has 7 nitrogen and oxygen atoms in total. The van der Waals surface area contributed by atoms with Crippen molar-refractivity contribution in [3.8, 4) is 0 Å². The molecule has 1 aliphatic rings. The van der Waals surface area contributed by atoms with Crippen LogP contribution in [0.4, 0.5) is 10.2 Å². The first-order valence-electron chi connectivity index (χ1n) is 8.79. The Kier molecular flexibility index (Phi) is 6.33. The van der Waals surface area contributed by atoms with Crippen molar-refractivity contribution in [2.45, 2.75) is 51.9 Å². The molecule has 3 unspecified atom stereocenters. The summed E-state index contributed by atoms with van der Waals surface area (Å²) in [5.41, 5.74) is 5.70. The molecule has 8 heteroatoms. The Hall–Kier alpha value is -2.32. The molecular weight excluding hydrogens is 351 g/mol. The number of carbonyl (C=O) groups excluding carboxylic acids is 1. The van der Waals surface area contributed by atoms with Crippen LogP contribution in [-0.4, -0.2) is 51.7 Å². The highest BCUT2D eigenvalue weighted by atomic mass is 19.1. The Morgan fingerprint density at radius 1 is 1.52 bits per heavy atom. The molecule has 0 aliphatic carbocycles. The third kappa shape index (κ3) is 5.33. The van der Waals surface area contributed by atoms with Crippen molar-refractivity contribution in [2.75, 3.05) is 11.4 Å². The number of nitrogens with zero attached hydrogens (tertiary/aromatic N) is 3. The van der Waals surface area contributed by atoms with E-state index in [0.29, 0.717) is 5.82 Å². The Labute approximate surface area is 158 Å². The van der Waals surface area contributed by atoms with Gasteiger partial charge in [0, 0.05) is 31.1 Å². The van der Waals surface area contributed by atoms with Crippen LogP contribution in [0.5, 0.6) is 0 Å². The van der Waals surface area contributed by atoms with E-state index in [1.165, 1.54) is 12.3 Å². The van der Waals surface area contributed by atoms with Crippen LogP contribution in [0.25, 0.3) is 5.83 Å². The lowest BCUT2D eigenvalue weighted by Crippen LogP contribution is -2.37. The molecule has 2 heterocycles. The number of amidine groups is 1. The highest BCUT2D eigenvalue weighted by molar-refractivity contribution is 5.97. The van der Waals surface area contributed by atoms with Crippen molar-refractivity contribution in [1.29, 1.82) is 0 Å². The predicted octanol–water partition coefficient (Wildman–Crippen LogP) is 1.64. The molecule has 1 fully saturated rings. The minimum absolute atomic E-state index is 0.0424. The second-order valence-corrected chi connectivity index (χ2v) is 7.89. The molecule has 0 saturated carbocycles. The summed E-state index contributed by atoms with van der Waals surface area (Å²) >= 11 is 0. The summed E-state index contributed by atoms with van der Waals surface area (Å²) in [7, 11) is 0. The molecule has 1 aromatic heterocycles. The number of amides is 1. The fourth-order valence-electron chi connectivity index (χ4n) is 2.78. The molecule has 0 aromatic carbocycles. The summed E-state index contributed by atoms with van der Waals surface area (Å²) < 4.78 is 13.1. The molecule has 1 aromatic rings. The number of pyridine rings is 1. The summed E-state index contributed by atoms with van der Waals surface area (Å²) in [4.78, 5) is 22.3. The van der Waals surface area contributed by atoms with Gasteiger partial charge in [0.05, 0.1) is 12.2 Å². The lowest BCUT2D eigenvalue weighted by Gasteiger charge is -2.26. The van der Waals surface area contributed by atoms with Crippen molar-refractivity contribution in [1.82, 2.24) is 4.98 Å². The van der Waals surface area contributed by atoms with Gasteiger partial charge in [0.15, 0.2) is 0 Å². The Balaban J connectivity index is 2.15. The van der Waals surface area contributed by atoms with Gasteiger partial charge in [0.2, 0.25) is 0 Å². The number of halogens is 1. The van der Waals surface area contributed by atoms with Crippen LogP contribution in [0.3, 0.4) is 0 Å².